The number of benzene rings is 1. The minimum absolute atomic E-state index is 0.118. The van der Waals surface area contributed by atoms with E-state index in [2.05, 4.69) is 10.1 Å². The summed E-state index contributed by atoms with van der Waals surface area (Å²) in [5, 5.41) is 11.0. The number of nitrogens with one attached hydrogen (secondary N) is 1. The number of carbonyl (C=O) groups excluding carboxylic acids is 1. The first-order valence-electron chi connectivity index (χ1n) is 7.05. The summed E-state index contributed by atoms with van der Waals surface area (Å²) in [7, 11) is 0.797. The smallest absolute Gasteiger partial charge is 0.430 e. The van der Waals surface area contributed by atoms with E-state index in [0.717, 1.165) is 19.2 Å². The minimum Gasteiger partial charge on any atom is -0.479 e. The van der Waals surface area contributed by atoms with Crippen LogP contribution in [0.3, 0.4) is 0 Å². The summed E-state index contributed by atoms with van der Waals surface area (Å²) in [5.74, 6) is -2.65. The highest BCUT2D eigenvalue weighted by atomic mass is 19.4. The van der Waals surface area contributed by atoms with Crippen molar-refractivity contribution in [2.75, 3.05) is 13.7 Å². The van der Waals surface area contributed by atoms with Crippen LogP contribution in [0, 0.1) is 0 Å². The maximum atomic E-state index is 13.7. The van der Waals surface area contributed by atoms with Crippen molar-refractivity contribution in [3.8, 4) is 0 Å². The highest BCUT2D eigenvalue weighted by molar-refractivity contribution is 5.88. The molecule has 0 spiro atoms. The van der Waals surface area contributed by atoms with Crippen molar-refractivity contribution < 1.29 is 37.3 Å². The van der Waals surface area contributed by atoms with E-state index in [9.17, 15) is 22.8 Å². The Morgan fingerprint density at radius 3 is 2.38 bits per heavy atom. The average Bonchev–Trinajstić information content (AvgIpc) is 2.97. The van der Waals surface area contributed by atoms with Gasteiger partial charge in [0, 0.05) is 19.1 Å². The van der Waals surface area contributed by atoms with Gasteiger partial charge in [-0.15, -0.1) is 0 Å². The molecule has 24 heavy (non-hydrogen) atoms. The van der Waals surface area contributed by atoms with Crippen molar-refractivity contribution in [1.82, 2.24) is 5.32 Å². The minimum atomic E-state index is -5.02. The number of hydrogen-bond acceptors (Lipinski definition) is 4. The van der Waals surface area contributed by atoms with Crippen LogP contribution in [0.15, 0.2) is 30.3 Å². The predicted octanol–water partition coefficient (Wildman–Crippen LogP) is 1.45. The van der Waals surface area contributed by atoms with Crippen LogP contribution in [-0.4, -0.2) is 49.0 Å². The van der Waals surface area contributed by atoms with Gasteiger partial charge in [0.2, 0.25) is 0 Å². The summed E-state index contributed by atoms with van der Waals surface area (Å²) in [6.07, 6.45) is -6.29. The van der Waals surface area contributed by atoms with Gasteiger partial charge in [-0.1, -0.05) is 30.3 Å². The molecule has 1 heterocycles. The van der Waals surface area contributed by atoms with Crippen LogP contribution in [-0.2, 0) is 24.7 Å². The predicted molar refractivity (Wildman–Crippen MR) is 75.1 cm³/mol. The van der Waals surface area contributed by atoms with Crippen LogP contribution in [0.2, 0.25) is 0 Å². The molecule has 0 bridgehead atoms. The van der Waals surface area contributed by atoms with Crippen molar-refractivity contribution in [2.45, 2.75) is 30.3 Å². The number of amides is 1. The third-order valence-electron chi connectivity index (χ3n) is 3.81. The molecule has 1 amide bonds. The van der Waals surface area contributed by atoms with E-state index in [-0.39, 0.29) is 18.6 Å². The zero-order chi connectivity index (χ0) is 18.0. The molecule has 3 atom stereocenters. The number of halogens is 3. The van der Waals surface area contributed by atoms with E-state index in [4.69, 9.17) is 9.84 Å². The van der Waals surface area contributed by atoms with Crippen LogP contribution >= 0.6 is 0 Å². The quantitative estimate of drug-likeness (QED) is 0.842. The first kappa shape index (κ1) is 18.2. The number of methoxy groups -OCH3 is 1. The molecule has 6 nitrogen and oxygen atoms in total. The highest BCUT2D eigenvalue weighted by Gasteiger charge is 2.63. The Morgan fingerprint density at radius 1 is 1.29 bits per heavy atom. The fourth-order valence-electron chi connectivity index (χ4n) is 2.61. The lowest BCUT2D eigenvalue weighted by atomic mass is 9.91. The van der Waals surface area contributed by atoms with Gasteiger partial charge in [0.15, 0.2) is 6.10 Å². The van der Waals surface area contributed by atoms with E-state index < -0.39 is 35.8 Å². The van der Waals surface area contributed by atoms with Gasteiger partial charge in [0.25, 0.3) is 11.5 Å². The van der Waals surface area contributed by atoms with Crippen LogP contribution in [0.4, 0.5) is 13.2 Å². The molecular weight excluding hydrogens is 331 g/mol. The monoisotopic (exact) mass is 347 g/mol. The van der Waals surface area contributed by atoms with Gasteiger partial charge < -0.3 is 19.9 Å². The number of alkyl halides is 3. The summed E-state index contributed by atoms with van der Waals surface area (Å²) in [5.41, 5.74) is -3.55. The molecule has 0 aromatic heterocycles. The Bertz CT molecular complexity index is 607. The van der Waals surface area contributed by atoms with Gasteiger partial charge in [0.05, 0.1) is 12.6 Å². The highest BCUT2D eigenvalue weighted by Crippen LogP contribution is 2.42. The van der Waals surface area contributed by atoms with E-state index in [1.165, 1.54) is 18.2 Å². The van der Waals surface area contributed by atoms with Crippen LogP contribution < -0.4 is 5.32 Å². The van der Waals surface area contributed by atoms with Crippen LogP contribution in [0.25, 0.3) is 0 Å². The number of carbonyl (C=O) groups is 2. The standard InChI is InChI=1S/C15H16F3NO5/c1-23-14(15(16,17)18,9-5-3-2-4-6-9)13(22)19-10-7-11(12(20)21)24-8-10/h2-6,10-11H,7-8H2,1H3,(H,19,22)(H,20,21)/t10-,11-,14?/m0/s1. The number of carboxylic acids is 1. The third-order valence-corrected chi connectivity index (χ3v) is 3.81. The lowest BCUT2D eigenvalue weighted by Gasteiger charge is -2.34. The summed E-state index contributed by atoms with van der Waals surface area (Å²) in [6, 6.07) is 5.67. The molecule has 2 N–H and O–H groups in total. The zero-order valence-corrected chi connectivity index (χ0v) is 12.7. The van der Waals surface area contributed by atoms with Crippen LogP contribution in [0.1, 0.15) is 12.0 Å². The Morgan fingerprint density at radius 2 is 1.92 bits per heavy atom. The fraction of sp³-hybridized carbons (Fsp3) is 0.467. The van der Waals surface area contributed by atoms with Gasteiger partial charge >= 0.3 is 12.1 Å². The molecule has 1 aromatic carbocycles. The molecule has 1 fully saturated rings. The molecule has 1 aromatic rings. The Balaban J connectivity index is 2.28. The van der Waals surface area contributed by atoms with Crippen molar-refractivity contribution in [1.29, 1.82) is 0 Å². The molecule has 0 aliphatic carbocycles. The van der Waals surface area contributed by atoms with E-state index in [1.54, 1.807) is 0 Å². The Kier molecular flexibility index (Phi) is 5.14. The van der Waals surface area contributed by atoms with Gasteiger partial charge in [-0.2, -0.15) is 13.2 Å². The van der Waals surface area contributed by atoms with E-state index in [1.807, 2.05) is 0 Å². The number of rotatable bonds is 5. The van der Waals surface area contributed by atoms with E-state index in [0.29, 0.717) is 0 Å². The third kappa shape index (κ3) is 3.22. The Labute approximate surface area is 135 Å². The van der Waals surface area contributed by atoms with Gasteiger partial charge in [-0.3, -0.25) is 4.79 Å². The second kappa shape index (κ2) is 6.78. The second-order valence-electron chi connectivity index (χ2n) is 5.32. The lowest BCUT2D eigenvalue weighted by Crippen LogP contribution is -2.57. The maximum Gasteiger partial charge on any atom is 0.430 e. The number of carboxylic acid groups (broad SMARTS) is 1. The summed E-state index contributed by atoms with van der Waals surface area (Å²) in [4.78, 5) is 23.2. The second-order valence-corrected chi connectivity index (χ2v) is 5.32. The molecule has 0 radical (unpaired) electrons. The number of aliphatic carboxylic acids is 1. The van der Waals surface area contributed by atoms with Gasteiger partial charge in [0.1, 0.15) is 0 Å². The van der Waals surface area contributed by atoms with Gasteiger partial charge in [-0.25, -0.2) is 4.79 Å². The molecule has 1 saturated heterocycles. The van der Waals surface area contributed by atoms with Gasteiger partial charge in [-0.05, 0) is 0 Å². The topological polar surface area (TPSA) is 84.9 Å². The van der Waals surface area contributed by atoms with Crippen molar-refractivity contribution in [3.63, 3.8) is 0 Å². The lowest BCUT2D eigenvalue weighted by molar-refractivity contribution is -0.266. The summed E-state index contributed by atoms with van der Waals surface area (Å²) in [6.45, 7) is -0.185. The van der Waals surface area contributed by atoms with Crippen molar-refractivity contribution >= 4 is 11.9 Å². The molecule has 1 unspecified atom stereocenters. The molecule has 2 rings (SSSR count). The molecule has 132 valence electrons. The SMILES string of the molecule is COC(C(=O)N[C@@H]1CO[C@H](C(=O)O)C1)(c1ccccc1)C(F)(F)F. The zero-order valence-electron chi connectivity index (χ0n) is 12.7. The largest absolute Gasteiger partial charge is 0.479 e. The molecule has 9 heteroatoms. The Hall–Kier alpha value is -2.13. The summed E-state index contributed by atoms with van der Waals surface area (Å²) >= 11 is 0. The van der Waals surface area contributed by atoms with Crippen LogP contribution in [0.5, 0.6) is 0 Å². The number of hydrogen-bond donors (Lipinski definition) is 2. The van der Waals surface area contributed by atoms with Crippen molar-refractivity contribution in [2.24, 2.45) is 0 Å². The average molecular weight is 347 g/mol. The van der Waals surface area contributed by atoms with Crippen molar-refractivity contribution in [3.05, 3.63) is 35.9 Å². The normalized spacial score (nSPS) is 23.5. The fourth-order valence-corrected chi connectivity index (χ4v) is 2.61. The molecular formula is C15H16F3NO5. The summed E-state index contributed by atoms with van der Waals surface area (Å²) < 4.78 is 50.6. The first-order chi connectivity index (χ1) is 11.2. The molecule has 0 saturated carbocycles. The number of ether oxygens (including phenoxy) is 2. The molecule has 1 aliphatic heterocycles. The molecule has 1 aliphatic rings. The first-order valence-corrected chi connectivity index (χ1v) is 7.05. The van der Waals surface area contributed by atoms with E-state index >= 15 is 0 Å². The maximum absolute atomic E-state index is 13.7.